The van der Waals surface area contributed by atoms with Crippen LogP contribution in [0.15, 0.2) is 25.3 Å². The van der Waals surface area contributed by atoms with Gasteiger partial charge in [0.1, 0.15) is 11.2 Å². The number of amides is 2. The third-order valence-corrected chi connectivity index (χ3v) is 5.78. The van der Waals surface area contributed by atoms with E-state index in [9.17, 15) is 9.59 Å². The first-order chi connectivity index (χ1) is 14.7. The summed E-state index contributed by atoms with van der Waals surface area (Å²) in [5.41, 5.74) is -0.812. The molecule has 0 N–H and O–H groups in total. The van der Waals surface area contributed by atoms with Crippen LogP contribution in [0.5, 0.6) is 0 Å². The summed E-state index contributed by atoms with van der Waals surface area (Å²) >= 11 is 0. The zero-order valence-corrected chi connectivity index (χ0v) is 21.6. The number of allylic oxidation sites excluding steroid dienone is 2. The minimum Gasteiger partial charge on any atom is -0.444 e. The molecule has 0 aliphatic carbocycles. The van der Waals surface area contributed by atoms with E-state index in [0.29, 0.717) is 23.7 Å². The minimum atomic E-state index is -0.406. The zero-order chi connectivity index (χ0) is 24.7. The fraction of sp³-hybridized carbons (Fsp3) is 0.769. The molecule has 0 saturated carbocycles. The third kappa shape index (κ3) is 9.66. The molecule has 0 aromatic rings. The van der Waals surface area contributed by atoms with Gasteiger partial charge in [0.15, 0.2) is 0 Å². The van der Waals surface area contributed by atoms with Crippen molar-refractivity contribution in [1.82, 2.24) is 9.80 Å². The average molecular weight is 451 g/mol. The smallest absolute Gasteiger partial charge is 0.410 e. The summed E-state index contributed by atoms with van der Waals surface area (Å²) in [4.78, 5) is 27.3. The van der Waals surface area contributed by atoms with Gasteiger partial charge in [0.25, 0.3) is 0 Å². The Morgan fingerprint density at radius 1 is 0.750 bits per heavy atom. The van der Waals surface area contributed by atoms with Gasteiger partial charge in [-0.25, -0.2) is 9.59 Å². The Bertz CT molecular complexity index is 591. The molecule has 2 heterocycles. The number of carbonyl (C=O) groups is 2. The van der Waals surface area contributed by atoms with Crippen LogP contribution in [0, 0.1) is 23.7 Å². The van der Waals surface area contributed by atoms with Crippen LogP contribution >= 0.6 is 0 Å². The van der Waals surface area contributed by atoms with E-state index in [0.717, 1.165) is 39.0 Å². The highest BCUT2D eigenvalue weighted by Gasteiger charge is 2.34. The van der Waals surface area contributed by atoms with Crippen molar-refractivity contribution in [1.29, 1.82) is 0 Å². The number of ether oxygens (including phenoxy) is 2. The molecule has 6 heteroatoms. The van der Waals surface area contributed by atoms with E-state index < -0.39 is 11.2 Å². The maximum Gasteiger partial charge on any atom is 0.410 e. The van der Waals surface area contributed by atoms with Crippen LogP contribution in [0.3, 0.4) is 0 Å². The van der Waals surface area contributed by atoms with Gasteiger partial charge in [-0.3, -0.25) is 0 Å². The molecular formula is C26H46N2O4. The predicted octanol–water partition coefficient (Wildman–Crippen LogP) is 6.13. The van der Waals surface area contributed by atoms with Gasteiger partial charge in [0, 0.05) is 26.2 Å². The van der Waals surface area contributed by atoms with E-state index in [1.54, 1.807) is 0 Å². The lowest BCUT2D eigenvalue weighted by molar-refractivity contribution is 0.0274. The molecular weight excluding hydrogens is 404 g/mol. The van der Waals surface area contributed by atoms with E-state index >= 15 is 0 Å². The maximum atomic E-state index is 11.8. The molecule has 2 amide bonds. The molecule has 0 aromatic heterocycles. The predicted molar refractivity (Wildman–Crippen MR) is 131 cm³/mol. The molecule has 2 rings (SSSR count). The summed E-state index contributed by atoms with van der Waals surface area (Å²) in [6.45, 7) is 26.4. The van der Waals surface area contributed by atoms with E-state index in [4.69, 9.17) is 9.47 Å². The van der Waals surface area contributed by atoms with E-state index in [2.05, 4.69) is 27.0 Å². The lowest BCUT2D eigenvalue weighted by Gasteiger charge is -2.24. The summed E-state index contributed by atoms with van der Waals surface area (Å²) in [5, 5.41) is 0. The fourth-order valence-electron chi connectivity index (χ4n) is 4.06. The van der Waals surface area contributed by atoms with Crippen LogP contribution < -0.4 is 0 Å². The van der Waals surface area contributed by atoms with Crippen LogP contribution in [0.25, 0.3) is 0 Å². The minimum absolute atomic E-state index is 0.189. The van der Waals surface area contributed by atoms with Crippen LogP contribution in [0.2, 0.25) is 0 Å². The number of likely N-dealkylation sites (tertiary alicyclic amines) is 2. The molecule has 0 spiro atoms. The summed E-state index contributed by atoms with van der Waals surface area (Å²) in [5.74, 6) is 2.13. The standard InChI is InChI=1S/2C13H23NO2/c2*1-6-7-11-9-14(8-10(11)2)12(15)16-13(3,4)5/h2*6,10-11H,1,7-9H2,2-5H3/t2*10-,11+/m10/s1. The second-order valence-corrected chi connectivity index (χ2v) is 11.3. The van der Waals surface area contributed by atoms with Crippen LogP contribution in [-0.2, 0) is 9.47 Å². The van der Waals surface area contributed by atoms with Gasteiger partial charge in [-0.05, 0) is 78.1 Å². The number of carbonyl (C=O) groups excluding carboxylic acids is 2. The average Bonchev–Trinajstić information content (AvgIpc) is 3.17. The van der Waals surface area contributed by atoms with Crippen molar-refractivity contribution in [3.05, 3.63) is 25.3 Å². The second-order valence-electron chi connectivity index (χ2n) is 11.3. The monoisotopic (exact) mass is 450 g/mol. The molecule has 0 aromatic carbocycles. The molecule has 32 heavy (non-hydrogen) atoms. The molecule has 0 radical (unpaired) electrons. The maximum absolute atomic E-state index is 11.8. The van der Waals surface area contributed by atoms with Crippen LogP contribution in [0.1, 0.15) is 68.2 Å². The second kappa shape index (κ2) is 11.8. The molecule has 184 valence electrons. The highest BCUT2D eigenvalue weighted by molar-refractivity contribution is 5.69. The molecule has 2 aliphatic rings. The Labute approximate surface area is 196 Å². The Kier molecular flexibility index (Phi) is 10.3. The molecule has 2 aliphatic heterocycles. The summed E-state index contributed by atoms with van der Waals surface area (Å²) in [7, 11) is 0. The number of rotatable bonds is 4. The topological polar surface area (TPSA) is 59.1 Å². The van der Waals surface area contributed by atoms with E-state index in [1.165, 1.54) is 0 Å². The molecule has 0 bridgehead atoms. The quantitative estimate of drug-likeness (QED) is 0.483. The molecule has 0 unspecified atom stereocenters. The molecule has 6 nitrogen and oxygen atoms in total. The normalized spacial score (nSPS) is 25.6. The van der Waals surface area contributed by atoms with E-state index in [1.807, 2.05) is 63.5 Å². The summed E-state index contributed by atoms with van der Waals surface area (Å²) < 4.78 is 10.7. The lowest BCUT2D eigenvalue weighted by Crippen LogP contribution is -2.35. The van der Waals surface area contributed by atoms with E-state index in [-0.39, 0.29) is 12.2 Å². The Balaban J connectivity index is 0.000000320. The Morgan fingerprint density at radius 2 is 1.06 bits per heavy atom. The van der Waals surface area contributed by atoms with Gasteiger partial charge in [-0.1, -0.05) is 26.0 Å². The first kappa shape index (κ1) is 28.1. The fourth-order valence-corrected chi connectivity index (χ4v) is 4.06. The van der Waals surface area contributed by atoms with Gasteiger partial charge in [-0.15, -0.1) is 13.2 Å². The van der Waals surface area contributed by atoms with Gasteiger partial charge < -0.3 is 19.3 Å². The van der Waals surface area contributed by atoms with Gasteiger partial charge in [-0.2, -0.15) is 0 Å². The van der Waals surface area contributed by atoms with Crippen molar-refractivity contribution in [2.75, 3.05) is 26.2 Å². The van der Waals surface area contributed by atoms with Crippen LogP contribution in [0.4, 0.5) is 9.59 Å². The summed E-state index contributed by atoms with van der Waals surface area (Å²) in [6.07, 6.45) is 5.43. The Morgan fingerprint density at radius 3 is 1.31 bits per heavy atom. The molecule has 4 atom stereocenters. The van der Waals surface area contributed by atoms with Crippen molar-refractivity contribution in [2.24, 2.45) is 23.7 Å². The first-order valence-corrected chi connectivity index (χ1v) is 11.8. The van der Waals surface area contributed by atoms with Crippen molar-refractivity contribution in [3.8, 4) is 0 Å². The molecule has 2 fully saturated rings. The van der Waals surface area contributed by atoms with Crippen molar-refractivity contribution < 1.29 is 19.1 Å². The highest BCUT2D eigenvalue weighted by Crippen LogP contribution is 2.28. The zero-order valence-electron chi connectivity index (χ0n) is 21.6. The van der Waals surface area contributed by atoms with Gasteiger partial charge in [0.05, 0.1) is 0 Å². The largest absolute Gasteiger partial charge is 0.444 e. The SMILES string of the molecule is C=CC[C@@H]1CN(C(=O)OC(C)(C)C)C[C@@H]1C.C=CC[C@H]1CN(C(=O)OC(C)(C)C)C[C@H]1C. The first-order valence-electron chi connectivity index (χ1n) is 11.8. The van der Waals surface area contributed by atoms with Crippen molar-refractivity contribution >= 4 is 12.2 Å². The summed E-state index contributed by atoms with van der Waals surface area (Å²) in [6, 6.07) is 0. The highest BCUT2D eigenvalue weighted by atomic mass is 16.6. The van der Waals surface area contributed by atoms with Crippen molar-refractivity contribution in [2.45, 2.75) is 79.4 Å². The van der Waals surface area contributed by atoms with Gasteiger partial charge >= 0.3 is 12.2 Å². The van der Waals surface area contributed by atoms with Gasteiger partial charge in [0.2, 0.25) is 0 Å². The lowest BCUT2D eigenvalue weighted by atomic mass is 9.95. The number of hydrogen-bond donors (Lipinski definition) is 0. The number of nitrogens with zero attached hydrogens (tertiary/aromatic N) is 2. The van der Waals surface area contributed by atoms with Crippen molar-refractivity contribution in [3.63, 3.8) is 0 Å². The molecule has 2 saturated heterocycles. The third-order valence-electron chi connectivity index (χ3n) is 5.78. The number of hydrogen-bond acceptors (Lipinski definition) is 4. The van der Waals surface area contributed by atoms with Crippen LogP contribution in [-0.4, -0.2) is 59.4 Å². The Hall–Kier alpha value is -1.98.